The highest BCUT2D eigenvalue weighted by Gasteiger charge is 2.28. The first kappa shape index (κ1) is 11.3. The normalized spacial score (nSPS) is 18.2. The number of ketones is 1. The molecular formula is C15H12N4O. The molecule has 4 rings (SSSR count). The Labute approximate surface area is 115 Å². The number of nitrogens with zero attached hydrogens (tertiary/aromatic N) is 4. The number of carbonyl (C=O) groups is 1. The Bertz CT molecular complexity index is 794. The van der Waals surface area contributed by atoms with Crippen LogP contribution in [0, 0.1) is 0 Å². The Balaban J connectivity index is 1.85. The number of hydrogen-bond donors (Lipinski definition) is 0. The zero-order chi connectivity index (χ0) is 13.5. The van der Waals surface area contributed by atoms with Crippen molar-refractivity contribution in [2.24, 2.45) is 0 Å². The van der Waals surface area contributed by atoms with Crippen molar-refractivity contribution in [1.29, 1.82) is 0 Å². The van der Waals surface area contributed by atoms with Gasteiger partial charge in [-0.3, -0.25) is 4.79 Å². The van der Waals surface area contributed by atoms with E-state index in [1.165, 1.54) is 11.9 Å². The van der Waals surface area contributed by atoms with Crippen LogP contribution >= 0.6 is 0 Å². The van der Waals surface area contributed by atoms with Crippen LogP contribution in [0.4, 0.5) is 0 Å². The average molecular weight is 264 g/mol. The van der Waals surface area contributed by atoms with Gasteiger partial charge in [0.2, 0.25) is 0 Å². The summed E-state index contributed by atoms with van der Waals surface area (Å²) >= 11 is 0. The molecule has 0 saturated carbocycles. The molecule has 1 aliphatic carbocycles. The Hall–Kier alpha value is -2.56. The molecule has 20 heavy (non-hydrogen) atoms. The van der Waals surface area contributed by atoms with Crippen molar-refractivity contribution in [2.45, 2.75) is 18.8 Å². The molecule has 1 aliphatic rings. The van der Waals surface area contributed by atoms with Crippen molar-refractivity contribution in [3.05, 3.63) is 59.7 Å². The lowest BCUT2D eigenvalue weighted by Crippen LogP contribution is -2.22. The minimum atomic E-state index is 0.130. The van der Waals surface area contributed by atoms with E-state index in [1.54, 1.807) is 10.7 Å². The monoisotopic (exact) mass is 264 g/mol. The lowest BCUT2D eigenvalue weighted by Gasteiger charge is -2.23. The summed E-state index contributed by atoms with van der Waals surface area (Å²) in [6.45, 7) is 0. The van der Waals surface area contributed by atoms with Crippen LogP contribution in [0.15, 0.2) is 42.9 Å². The Morgan fingerprint density at radius 3 is 2.80 bits per heavy atom. The van der Waals surface area contributed by atoms with E-state index >= 15 is 0 Å². The maximum atomic E-state index is 12.3. The molecule has 0 fully saturated rings. The lowest BCUT2D eigenvalue weighted by atomic mass is 9.82. The second-order valence-electron chi connectivity index (χ2n) is 5.03. The van der Waals surface area contributed by atoms with Crippen LogP contribution in [-0.4, -0.2) is 25.4 Å². The molecule has 0 radical (unpaired) electrons. The number of rotatable bonds is 1. The molecule has 98 valence electrons. The topological polar surface area (TPSA) is 60.2 Å². The number of Topliss-reactive ketones (excluding diaryl/α,β-unsaturated/α-hetero) is 1. The van der Waals surface area contributed by atoms with Crippen molar-refractivity contribution in [3.63, 3.8) is 0 Å². The highest BCUT2D eigenvalue weighted by molar-refractivity contribution is 5.98. The highest BCUT2D eigenvalue weighted by Crippen LogP contribution is 2.32. The first-order valence-electron chi connectivity index (χ1n) is 6.58. The summed E-state index contributed by atoms with van der Waals surface area (Å²) in [6, 6.07) is 10.1. The fourth-order valence-electron chi connectivity index (χ4n) is 2.85. The Morgan fingerprint density at radius 2 is 1.95 bits per heavy atom. The van der Waals surface area contributed by atoms with Crippen molar-refractivity contribution in [3.8, 4) is 0 Å². The summed E-state index contributed by atoms with van der Waals surface area (Å²) in [7, 11) is 0. The molecule has 2 aromatic heterocycles. The largest absolute Gasteiger partial charge is 0.294 e. The van der Waals surface area contributed by atoms with Crippen LogP contribution in [0.1, 0.15) is 34.0 Å². The smallest absolute Gasteiger partial charge is 0.252 e. The minimum absolute atomic E-state index is 0.130. The van der Waals surface area contributed by atoms with Crippen LogP contribution in [0.3, 0.4) is 0 Å². The molecule has 0 aliphatic heterocycles. The molecule has 0 bridgehead atoms. The first-order chi connectivity index (χ1) is 9.83. The van der Waals surface area contributed by atoms with E-state index in [0.29, 0.717) is 17.8 Å². The van der Waals surface area contributed by atoms with Gasteiger partial charge in [-0.25, -0.2) is 9.50 Å². The SMILES string of the molecule is O=C1C[C@H](c2ccccc2)Cc2c1cnc1ncnn21. The van der Waals surface area contributed by atoms with E-state index in [1.807, 2.05) is 18.2 Å². The van der Waals surface area contributed by atoms with Crippen molar-refractivity contribution in [2.75, 3.05) is 0 Å². The van der Waals surface area contributed by atoms with Crippen molar-refractivity contribution in [1.82, 2.24) is 19.6 Å². The highest BCUT2D eigenvalue weighted by atomic mass is 16.1. The molecule has 0 N–H and O–H groups in total. The van der Waals surface area contributed by atoms with Crippen molar-refractivity contribution >= 4 is 11.6 Å². The fraction of sp³-hybridized carbons (Fsp3) is 0.200. The molecular weight excluding hydrogens is 252 g/mol. The van der Waals surface area contributed by atoms with Crippen LogP contribution in [0.2, 0.25) is 0 Å². The Morgan fingerprint density at radius 1 is 1.10 bits per heavy atom. The van der Waals surface area contributed by atoms with E-state index in [9.17, 15) is 4.79 Å². The van der Waals surface area contributed by atoms with Gasteiger partial charge in [0.1, 0.15) is 6.33 Å². The van der Waals surface area contributed by atoms with Gasteiger partial charge in [0.05, 0.1) is 11.3 Å². The third-order valence-electron chi connectivity index (χ3n) is 3.85. The van der Waals surface area contributed by atoms with E-state index in [-0.39, 0.29) is 11.7 Å². The fourth-order valence-corrected chi connectivity index (χ4v) is 2.85. The van der Waals surface area contributed by atoms with E-state index < -0.39 is 0 Å². The van der Waals surface area contributed by atoms with E-state index in [2.05, 4.69) is 27.2 Å². The number of hydrogen-bond acceptors (Lipinski definition) is 4. The van der Waals surface area contributed by atoms with Gasteiger partial charge in [0.15, 0.2) is 5.78 Å². The van der Waals surface area contributed by atoms with Gasteiger partial charge in [-0.2, -0.15) is 10.1 Å². The summed E-state index contributed by atoms with van der Waals surface area (Å²) in [4.78, 5) is 20.6. The molecule has 1 aromatic carbocycles. The van der Waals surface area contributed by atoms with Crippen LogP contribution in [0.25, 0.3) is 5.78 Å². The zero-order valence-corrected chi connectivity index (χ0v) is 10.7. The molecule has 5 nitrogen and oxygen atoms in total. The second kappa shape index (κ2) is 4.23. The van der Waals surface area contributed by atoms with Gasteiger partial charge in [-0.15, -0.1) is 0 Å². The quantitative estimate of drug-likeness (QED) is 0.674. The van der Waals surface area contributed by atoms with Gasteiger partial charge in [-0.05, 0) is 17.9 Å². The van der Waals surface area contributed by atoms with Gasteiger partial charge < -0.3 is 0 Å². The Kier molecular flexibility index (Phi) is 2.39. The summed E-state index contributed by atoms with van der Waals surface area (Å²) in [6.07, 6.45) is 4.41. The predicted octanol–water partition coefficient (Wildman–Crippen LogP) is 2.04. The van der Waals surface area contributed by atoms with Gasteiger partial charge in [0.25, 0.3) is 5.78 Å². The van der Waals surface area contributed by atoms with Gasteiger partial charge in [-0.1, -0.05) is 30.3 Å². The maximum absolute atomic E-state index is 12.3. The zero-order valence-electron chi connectivity index (χ0n) is 10.7. The second-order valence-corrected chi connectivity index (χ2v) is 5.03. The third kappa shape index (κ3) is 1.63. The number of benzene rings is 1. The van der Waals surface area contributed by atoms with Crippen LogP contribution in [-0.2, 0) is 6.42 Å². The van der Waals surface area contributed by atoms with Crippen LogP contribution in [0.5, 0.6) is 0 Å². The van der Waals surface area contributed by atoms with E-state index in [0.717, 1.165) is 12.1 Å². The number of fused-ring (bicyclic) bond motifs is 3. The van der Waals surface area contributed by atoms with Gasteiger partial charge in [0, 0.05) is 12.6 Å². The number of carbonyl (C=O) groups excluding carboxylic acids is 1. The van der Waals surface area contributed by atoms with E-state index in [4.69, 9.17) is 0 Å². The predicted molar refractivity (Wildman–Crippen MR) is 72.6 cm³/mol. The molecule has 2 heterocycles. The molecule has 0 amide bonds. The standard InChI is InChI=1S/C15H12N4O/c20-14-7-11(10-4-2-1-3-5-10)6-13-12(14)8-16-15-17-9-18-19(13)15/h1-5,8-9,11H,6-7H2/t11-/m1/s1. The number of aromatic nitrogens is 4. The molecule has 3 aromatic rings. The summed E-state index contributed by atoms with van der Waals surface area (Å²) in [5.41, 5.74) is 2.78. The maximum Gasteiger partial charge on any atom is 0.252 e. The lowest BCUT2D eigenvalue weighted by molar-refractivity contribution is 0.0962. The van der Waals surface area contributed by atoms with Crippen molar-refractivity contribution < 1.29 is 4.79 Å². The minimum Gasteiger partial charge on any atom is -0.294 e. The summed E-state index contributed by atoms with van der Waals surface area (Å²) in [5, 5.41) is 4.19. The molecule has 5 heteroatoms. The van der Waals surface area contributed by atoms with Gasteiger partial charge >= 0.3 is 0 Å². The summed E-state index contributed by atoms with van der Waals surface area (Å²) < 4.78 is 1.68. The molecule has 0 unspecified atom stereocenters. The first-order valence-corrected chi connectivity index (χ1v) is 6.58. The molecule has 1 atom stereocenters. The average Bonchev–Trinajstić information content (AvgIpc) is 2.97. The molecule has 0 spiro atoms. The summed E-state index contributed by atoms with van der Waals surface area (Å²) in [5.74, 6) is 0.876. The molecule has 0 saturated heterocycles. The third-order valence-corrected chi connectivity index (χ3v) is 3.85. The van der Waals surface area contributed by atoms with Crippen LogP contribution < -0.4 is 0 Å².